The van der Waals surface area contributed by atoms with Gasteiger partial charge in [-0.3, -0.25) is 4.68 Å². The van der Waals surface area contributed by atoms with E-state index < -0.39 is 0 Å². The Balaban J connectivity index is 2.22. The summed E-state index contributed by atoms with van der Waals surface area (Å²) < 4.78 is 15.6. The zero-order chi connectivity index (χ0) is 12.9. The van der Waals surface area contributed by atoms with Crippen LogP contribution in [0.3, 0.4) is 0 Å². The molecule has 1 aromatic carbocycles. The lowest BCUT2D eigenvalue weighted by Gasteiger charge is -1.95. The number of H-pyrrole nitrogens is 1. The Bertz CT molecular complexity index is 705. The van der Waals surface area contributed by atoms with Gasteiger partial charge in [0.15, 0.2) is 5.82 Å². The Hall–Kier alpha value is -1.69. The van der Waals surface area contributed by atoms with Gasteiger partial charge in [0.25, 0.3) is 0 Å². The first kappa shape index (κ1) is 11.4. The standard InChI is InChI=1S/C12H10BrFN4/c1-6-3-11(18(2)17-6)12-15-9-4-7(13)8(14)5-10(9)16-12/h3-5H,1-2H3,(H,15,16). The number of aromatic amines is 1. The van der Waals surface area contributed by atoms with Gasteiger partial charge in [-0.1, -0.05) is 0 Å². The molecule has 0 saturated carbocycles. The van der Waals surface area contributed by atoms with Crippen molar-refractivity contribution in [3.63, 3.8) is 0 Å². The van der Waals surface area contributed by atoms with Crippen LogP contribution in [0.5, 0.6) is 0 Å². The molecule has 18 heavy (non-hydrogen) atoms. The Kier molecular flexibility index (Phi) is 2.48. The van der Waals surface area contributed by atoms with Crippen molar-refractivity contribution in [2.24, 2.45) is 7.05 Å². The SMILES string of the molecule is Cc1cc(-c2nc3cc(Br)c(F)cc3[nH]2)n(C)n1. The number of rotatable bonds is 1. The average Bonchev–Trinajstić information content (AvgIpc) is 2.82. The highest BCUT2D eigenvalue weighted by Gasteiger charge is 2.12. The second-order valence-electron chi connectivity index (χ2n) is 4.16. The molecule has 6 heteroatoms. The van der Waals surface area contributed by atoms with Crippen LogP contribution >= 0.6 is 15.9 Å². The van der Waals surface area contributed by atoms with Gasteiger partial charge >= 0.3 is 0 Å². The number of aryl methyl sites for hydroxylation is 2. The summed E-state index contributed by atoms with van der Waals surface area (Å²) in [5.41, 5.74) is 3.18. The molecule has 3 aromatic rings. The molecule has 0 radical (unpaired) electrons. The molecule has 2 aromatic heterocycles. The van der Waals surface area contributed by atoms with Gasteiger partial charge in [0, 0.05) is 13.1 Å². The fraction of sp³-hybridized carbons (Fsp3) is 0.167. The maximum atomic E-state index is 13.4. The quantitative estimate of drug-likeness (QED) is 0.750. The van der Waals surface area contributed by atoms with Crippen LogP contribution in [0.25, 0.3) is 22.6 Å². The topological polar surface area (TPSA) is 46.5 Å². The minimum absolute atomic E-state index is 0.307. The van der Waals surface area contributed by atoms with Crippen LogP contribution in [0, 0.1) is 12.7 Å². The third-order valence-electron chi connectivity index (χ3n) is 2.77. The predicted molar refractivity (Wildman–Crippen MR) is 70.7 cm³/mol. The Labute approximate surface area is 111 Å². The second kappa shape index (κ2) is 3.91. The van der Waals surface area contributed by atoms with Gasteiger partial charge in [0.1, 0.15) is 11.5 Å². The Morgan fingerprint density at radius 3 is 2.78 bits per heavy atom. The van der Waals surface area contributed by atoms with E-state index in [4.69, 9.17) is 0 Å². The van der Waals surface area contributed by atoms with E-state index in [1.807, 2.05) is 20.0 Å². The van der Waals surface area contributed by atoms with E-state index in [0.717, 1.165) is 16.9 Å². The molecule has 0 bridgehead atoms. The molecular formula is C12H10BrFN4. The maximum absolute atomic E-state index is 13.4. The van der Waals surface area contributed by atoms with Crippen LogP contribution in [0.1, 0.15) is 5.69 Å². The van der Waals surface area contributed by atoms with Crippen molar-refractivity contribution in [2.75, 3.05) is 0 Å². The largest absolute Gasteiger partial charge is 0.337 e. The van der Waals surface area contributed by atoms with Crippen molar-refractivity contribution >= 4 is 27.0 Å². The lowest BCUT2D eigenvalue weighted by atomic mass is 10.3. The summed E-state index contributed by atoms with van der Waals surface area (Å²) in [5.74, 6) is 0.379. The molecule has 0 aliphatic heterocycles. The van der Waals surface area contributed by atoms with Crippen LogP contribution in [0.15, 0.2) is 22.7 Å². The van der Waals surface area contributed by atoms with Crippen molar-refractivity contribution in [1.29, 1.82) is 0 Å². The lowest BCUT2D eigenvalue weighted by molar-refractivity contribution is 0.623. The van der Waals surface area contributed by atoms with E-state index >= 15 is 0 Å². The van der Waals surface area contributed by atoms with Crippen LogP contribution in [0.4, 0.5) is 4.39 Å². The molecule has 0 aliphatic rings. The number of fused-ring (bicyclic) bond motifs is 1. The van der Waals surface area contributed by atoms with Crippen molar-refractivity contribution in [3.05, 3.63) is 34.2 Å². The number of benzene rings is 1. The third-order valence-corrected chi connectivity index (χ3v) is 3.38. The van der Waals surface area contributed by atoms with Crippen molar-refractivity contribution < 1.29 is 4.39 Å². The summed E-state index contributed by atoms with van der Waals surface area (Å²) in [4.78, 5) is 7.55. The highest BCUT2D eigenvalue weighted by molar-refractivity contribution is 9.10. The third kappa shape index (κ3) is 1.73. The fourth-order valence-corrected chi connectivity index (χ4v) is 2.29. The first-order valence-corrected chi connectivity index (χ1v) is 6.19. The molecule has 0 spiro atoms. The highest BCUT2D eigenvalue weighted by atomic mass is 79.9. The molecule has 1 N–H and O–H groups in total. The molecule has 0 saturated heterocycles. The van der Waals surface area contributed by atoms with Gasteiger partial charge in [0.2, 0.25) is 0 Å². The summed E-state index contributed by atoms with van der Waals surface area (Å²) >= 11 is 3.15. The van der Waals surface area contributed by atoms with Gasteiger partial charge in [-0.2, -0.15) is 5.10 Å². The van der Waals surface area contributed by atoms with Gasteiger partial charge in [-0.15, -0.1) is 0 Å². The van der Waals surface area contributed by atoms with Gasteiger partial charge < -0.3 is 4.98 Å². The van der Waals surface area contributed by atoms with Crippen LogP contribution in [0.2, 0.25) is 0 Å². The molecule has 0 fully saturated rings. The summed E-state index contributed by atoms with van der Waals surface area (Å²) in [6, 6.07) is 5.02. The summed E-state index contributed by atoms with van der Waals surface area (Å²) in [6.07, 6.45) is 0. The Morgan fingerprint density at radius 2 is 2.11 bits per heavy atom. The zero-order valence-electron chi connectivity index (χ0n) is 9.83. The van der Waals surface area contributed by atoms with E-state index in [0.29, 0.717) is 15.8 Å². The van der Waals surface area contributed by atoms with Gasteiger partial charge in [-0.25, -0.2) is 9.37 Å². The van der Waals surface area contributed by atoms with E-state index in [-0.39, 0.29) is 5.82 Å². The van der Waals surface area contributed by atoms with E-state index in [1.165, 1.54) is 6.07 Å². The number of hydrogen-bond donors (Lipinski definition) is 1. The molecular weight excluding hydrogens is 299 g/mol. The second-order valence-corrected chi connectivity index (χ2v) is 5.02. The van der Waals surface area contributed by atoms with Gasteiger partial charge in [-0.05, 0) is 35.0 Å². The molecule has 0 aliphatic carbocycles. The van der Waals surface area contributed by atoms with Gasteiger partial charge in [0.05, 0.1) is 21.2 Å². The average molecular weight is 309 g/mol. The van der Waals surface area contributed by atoms with E-state index in [2.05, 4.69) is 31.0 Å². The summed E-state index contributed by atoms with van der Waals surface area (Å²) in [6.45, 7) is 1.92. The van der Waals surface area contributed by atoms with Crippen LogP contribution < -0.4 is 0 Å². The van der Waals surface area contributed by atoms with Crippen LogP contribution in [-0.2, 0) is 7.05 Å². The molecule has 0 unspecified atom stereocenters. The number of hydrogen-bond acceptors (Lipinski definition) is 2. The molecule has 4 nitrogen and oxygen atoms in total. The first-order valence-electron chi connectivity index (χ1n) is 5.40. The maximum Gasteiger partial charge on any atom is 0.156 e. The monoisotopic (exact) mass is 308 g/mol. The van der Waals surface area contributed by atoms with Crippen molar-refractivity contribution in [3.8, 4) is 11.5 Å². The molecule has 2 heterocycles. The lowest BCUT2D eigenvalue weighted by Crippen LogP contribution is -1.94. The Morgan fingerprint density at radius 1 is 1.33 bits per heavy atom. The highest BCUT2D eigenvalue weighted by Crippen LogP contribution is 2.25. The molecule has 92 valence electrons. The normalized spacial score (nSPS) is 11.3. The van der Waals surface area contributed by atoms with Crippen molar-refractivity contribution in [2.45, 2.75) is 6.92 Å². The first-order chi connectivity index (χ1) is 8.54. The smallest absolute Gasteiger partial charge is 0.156 e. The zero-order valence-corrected chi connectivity index (χ0v) is 11.4. The predicted octanol–water partition coefficient (Wildman–Crippen LogP) is 3.17. The summed E-state index contributed by atoms with van der Waals surface area (Å²) in [5, 5.41) is 4.27. The number of halogens is 2. The minimum Gasteiger partial charge on any atom is -0.337 e. The van der Waals surface area contributed by atoms with Crippen LogP contribution in [-0.4, -0.2) is 19.7 Å². The number of nitrogens with one attached hydrogen (secondary N) is 1. The number of imidazole rings is 1. The molecule has 0 atom stereocenters. The molecule has 3 rings (SSSR count). The van der Waals surface area contributed by atoms with E-state index in [1.54, 1.807) is 10.7 Å². The number of aromatic nitrogens is 4. The summed E-state index contributed by atoms with van der Waals surface area (Å²) in [7, 11) is 1.85. The van der Waals surface area contributed by atoms with E-state index in [9.17, 15) is 4.39 Å². The fourth-order valence-electron chi connectivity index (χ4n) is 1.96. The minimum atomic E-state index is -0.307. The molecule has 0 amide bonds. The number of nitrogens with zero attached hydrogens (tertiary/aromatic N) is 3. The van der Waals surface area contributed by atoms with Crippen molar-refractivity contribution in [1.82, 2.24) is 19.7 Å².